The molecule has 24 heavy (non-hydrogen) atoms. The summed E-state index contributed by atoms with van der Waals surface area (Å²) in [7, 11) is 0. The zero-order valence-electron chi connectivity index (χ0n) is 12.9. The number of rotatable bonds is 6. The van der Waals surface area contributed by atoms with Crippen LogP contribution in [-0.2, 0) is 4.79 Å². The minimum atomic E-state index is -0.428. The average molecular weight is 328 g/mol. The third kappa shape index (κ3) is 4.55. The summed E-state index contributed by atoms with van der Waals surface area (Å²) in [4.78, 5) is 23.9. The van der Waals surface area contributed by atoms with Gasteiger partial charge in [-0.25, -0.2) is 4.39 Å². The monoisotopic (exact) mass is 328 g/mol. The van der Waals surface area contributed by atoms with E-state index >= 15 is 0 Å². The fraction of sp³-hybridized carbons (Fsp3) is 0.222. The Morgan fingerprint density at radius 3 is 2.67 bits per heavy atom. The largest absolute Gasteiger partial charge is 0.484 e. The standard InChI is InChI=1S/C18H17FN2O3/c19-13-4-2-6-16(10-13)24-11-17(22)20-15-5-1-3-12(9-15)18(23)21-14-7-8-14/h1-6,9-10,14H,7-8,11H2,(H,20,22)(H,21,23). The van der Waals surface area contributed by atoms with E-state index in [0.717, 1.165) is 12.8 Å². The maximum Gasteiger partial charge on any atom is 0.262 e. The van der Waals surface area contributed by atoms with E-state index in [2.05, 4.69) is 10.6 Å². The van der Waals surface area contributed by atoms with E-state index < -0.39 is 5.82 Å². The van der Waals surface area contributed by atoms with Gasteiger partial charge in [0.2, 0.25) is 0 Å². The van der Waals surface area contributed by atoms with Crippen LogP contribution in [0.5, 0.6) is 5.75 Å². The molecule has 0 atom stereocenters. The van der Waals surface area contributed by atoms with Crippen LogP contribution >= 0.6 is 0 Å². The van der Waals surface area contributed by atoms with Crippen molar-refractivity contribution in [2.24, 2.45) is 0 Å². The van der Waals surface area contributed by atoms with E-state index in [1.165, 1.54) is 18.2 Å². The third-order valence-electron chi connectivity index (χ3n) is 3.49. The summed E-state index contributed by atoms with van der Waals surface area (Å²) in [6, 6.07) is 12.5. The minimum absolute atomic E-state index is 0.149. The zero-order chi connectivity index (χ0) is 16.9. The van der Waals surface area contributed by atoms with Gasteiger partial charge in [-0.05, 0) is 43.2 Å². The van der Waals surface area contributed by atoms with Gasteiger partial charge in [0.25, 0.3) is 11.8 Å². The third-order valence-corrected chi connectivity index (χ3v) is 3.49. The fourth-order valence-corrected chi connectivity index (χ4v) is 2.14. The van der Waals surface area contributed by atoms with Crippen LogP contribution in [0.25, 0.3) is 0 Å². The lowest BCUT2D eigenvalue weighted by Crippen LogP contribution is -2.25. The molecular formula is C18H17FN2O3. The van der Waals surface area contributed by atoms with Gasteiger partial charge in [0.05, 0.1) is 0 Å². The van der Waals surface area contributed by atoms with Crippen molar-refractivity contribution in [1.29, 1.82) is 0 Å². The van der Waals surface area contributed by atoms with E-state index in [9.17, 15) is 14.0 Å². The first kappa shape index (κ1) is 16.0. The SMILES string of the molecule is O=C(COc1cccc(F)c1)Nc1cccc(C(=O)NC2CC2)c1. The topological polar surface area (TPSA) is 67.4 Å². The summed E-state index contributed by atoms with van der Waals surface area (Å²) < 4.78 is 18.3. The highest BCUT2D eigenvalue weighted by atomic mass is 19.1. The van der Waals surface area contributed by atoms with E-state index in [-0.39, 0.29) is 30.2 Å². The summed E-state index contributed by atoms with van der Waals surface area (Å²) in [5.41, 5.74) is 0.997. The number of ether oxygens (including phenoxy) is 1. The van der Waals surface area contributed by atoms with E-state index in [0.29, 0.717) is 11.3 Å². The predicted octanol–water partition coefficient (Wildman–Crippen LogP) is 2.74. The van der Waals surface area contributed by atoms with Gasteiger partial charge >= 0.3 is 0 Å². The van der Waals surface area contributed by atoms with Crippen molar-refractivity contribution in [1.82, 2.24) is 5.32 Å². The first-order valence-corrected chi connectivity index (χ1v) is 7.69. The second kappa shape index (κ2) is 7.12. The van der Waals surface area contributed by atoms with Crippen molar-refractivity contribution >= 4 is 17.5 Å². The van der Waals surface area contributed by atoms with Gasteiger partial charge in [-0.3, -0.25) is 9.59 Å². The van der Waals surface area contributed by atoms with Gasteiger partial charge < -0.3 is 15.4 Å². The van der Waals surface area contributed by atoms with Crippen molar-refractivity contribution in [3.05, 3.63) is 59.9 Å². The first-order valence-electron chi connectivity index (χ1n) is 7.69. The Morgan fingerprint density at radius 1 is 1.12 bits per heavy atom. The lowest BCUT2D eigenvalue weighted by molar-refractivity contribution is -0.118. The summed E-state index contributed by atoms with van der Waals surface area (Å²) in [5.74, 6) is -0.686. The average Bonchev–Trinajstić information content (AvgIpc) is 3.37. The van der Waals surface area contributed by atoms with Gasteiger partial charge in [0.1, 0.15) is 11.6 Å². The van der Waals surface area contributed by atoms with Crippen molar-refractivity contribution in [3.63, 3.8) is 0 Å². The Bertz CT molecular complexity index is 759. The highest BCUT2D eigenvalue weighted by Crippen LogP contribution is 2.20. The normalized spacial score (nSPS) is 13.2. The number of nitrogens with one attached hydrogen (secondary N) is 2. The lowest BCUT2D eigenvalue weighted by atomic mass is 10.2. The van der Waals surface area contributed by atoms with Crippen LogP contribution in [0.3, 0.4) is 0 Å². The molecule has 2 aromatic carbocycles. The molecule has 0 aliphatic heterocycles. The number of halogens is 1. The number of carbonyl (C=O) groups is 2. The molecule has 0 radical (unpaired) electrons. The molecule has 0 unspecified atom stereocenters. The molecule has 5 nitrogen and oxygen atoms in total. The smallest absolute Gasteiger partial charge is 0.262 e. The summed E-state index contributed by atoms with van der Waals surface area (Å²) in [5, 5.41) is 5.54. The van der Waals surface area contributed by atoms with Gasteiger partial charge in [-0.15, -0.1) is 0 Å². The van der Waals surface area contributed by atoms with Gasteiger partial charge in [0, 0.05) is 23.4 Å². The molecule has 0 saturated heterocycles. The Labute approximate surface area is 138 Å². The van der Waals surface area contributed by atoms with Crippen LogP contribution in [0.15, 0.2) is 48.5 Å². The number of anilines is 1. The molecule has 0 bridgehead atoms. The quantitative estimate of drug-likeness (QED) is 0.857. The number of hydrogen-bond acceptors (Lipinski definition) is 3. The molecule has 1 fully saturated rings. The molecule has 0 spiro atoms. The second-order valence-corrected chi connectivity index (χ2v) is 5.62. The Hall–Kier alpha value is -2.89. The summed E-state index contributed by atoms with van der Waals surface area (Å²) in [6.45, 7) is -0.248. The summed E-state index contributed by atoms with van der Waals surface area (Å²) >= 11 is 0. The highest BCUT2D eigenvalue weighted by molar-refractivity contribution is 5.97. The van der Waals surface area contributed by atoms with E-state index in [4.69, 9.17) is 4.74 Å². The van der Waals surface area contributed by atoms with Crippen molar-refractivity contribution in [2.75, 3.05) is 11.9 Å². The number of hydrogen-bond donors (Lipinski definition) is 2. The summed E-state index contributed by atoms with van der Waals surface area (Å²) in [6.07, 6.45) is 2.03. The maximum absolute atomic E-state index is 13.0. The molecule has 6 heteroatoms. The Kier molecular flexibility index (Phi) is 4.74. The fourth-order valence-electron chi connectivity index (χ4n) is 2.14. The number of benzene rings is 2. The van der Waals surface area contributed by atoms with Crippen molar-refractivity contribution in [3.8, 4) is 5.75 Å². The molecule has 124 valence electrons. The molecule has 1 aliphatic rings. The maximum atomic E-state index is 13.0. The molecule has 2 aromatic rings. The van der Waals surface area contributed by atoms with E-state index in [1.54, 1.807) is 30.3 Å². The second-order valence-electron chi connectivity index (χ2n) is 5.62. The van der Waals surface area contributed by atoms with Gasteiger partial charge in [0.15, 0.2) is 6.61 Å². The van der Waals surface area contributed by atoms with Crippen molar-refractivity contribution < 1.29 is 18.7 Å². The molecular weight excluding hydrogens is 311 g/mol. The van der Waals surface area contributed by atoms with Gasteiger partial charge in [-0.1, -0.05) is 12.1 Å². The van der Waals surface area contributed by atoms with Crippen LogP contribution in [-0.4, -0.2) is 24.5 Å². The minimum Gasteiger partial charge on any atom is -0.484 e. The molecule has 0 aromatic heterocycles. The Morgan fingerprint density at radius 2 is 1.92 bits per heavy atom. The zero-order valence-corrected chi connectivity index (χ0v) is 12.9. The number of carbonyl (C=O) groups excluding carboxylic acids is 2. The van der Waals surface area contributed by atoms with Crippen LogP contribution < -0.4 is 15.4 Å². The molecule has 3 rings (SSSR count). The van der Waals surface area contributed by atoms with Crippen LogP contribution in [0, 0.1) is 5.82 Å². The van der Waals surface area contributed by atoms with Crippen LogP contribution in [0.1, 0.15) is 23.2 Å². The Balaban J connectivity index is 1.54. The number of amides is 2. The molecule has 1 aliphatic carbocycles. The molecule has 2 N–H and O–H groups in total. The molecule has 2 amide bonds. The van der Waals surface area contributed by atoms with Crippen molar-refractivity contribution in [2.45, 2.75) is 18.9 Å². The predicted molar refractivity (Wildman–Crippen MR) is 87.5 cm³/mol. The highest BCUT2D eigenvalue weighted by Gasteiger charge is 2.23. The lowest BCUT2D eigenvalue weighted by Gasteiger charge is -2.09. The van der Waals surface area contributed by atoms with Gasteiger partial charge in [-0.2, -0.15) is 0 Å². The van der Waals surface area contributed by atoms with Crippen LogP contribution in [0.2, 0.25) is 0 Å². The molecule has 0 heterocycles. The first-order chi connectivity index (χ1) is 11.6. The van der Waals surface area contributed by atoms with Crippen LogP contribution in [0.4, 0.5) is 10.1 Å². The van der Waals surface area contributed by atoms with E-state index in [1.807, 2.05) is 0 Å². The molecule has 1 saturated carbocycles.